The van der Waals surface area contributed by atoms with Gasteiger partial charge in [-0.2, -0.15) is 0 Å². The zero-order valence-corrected chi connectivity index (χ0v) is 9.68. The maximum atomic E-state index is 10.7. The van der Waals surface area contributed by atoms with E-state index in [0.717, 1.165) is 16.6 Å². The van der Waals surface area contributed by atoms with E-state index in [1.807, 2.05) is 30.2 Å². The molecule has 2 aromatic rings. The van der Waals surface area contributed by atoms with E-state index in [9.17, 15) is 4.79 Å². The topological polar surface area (TPSA) is 69.2 Å². The molecule has 0 spiro atoms. The lowest BCUT2D eigenvalue weighted by Gasteiger charge is -2.17. The second kappa shape index (κ2) is 4.97. The van der Waals surface area contributed by atoms with Crippen LogP contribution in [0.4, 0.5) is 0 Å². The Morgan fingerprint density at radius 3 is 3.12 bits per heavy atom. The van der Waals surface area contributed by atoms with Crippen molar-refractivity contribution in [2.75, 3.05) is 13.1 Å². The summed E-state index contributed by atoms with van der Waals surface area (Å²) in [7, 11) is 0. The lowest BCUT2D eigenvalue weighted by molar-refractivity contribution is -0.138. The molecule has 0 bridgehead atoms. The average molecular weight is 233 g/mol. The summed E-state index contributed by atoms with van der Waals surface area (Å²) in [4.78, 5) is 19.9. The van der Waals surface area contributed by atoms with Gasteiger partial charge in [0.1, 0.15) is 5.65 Å². The summed E-state index contributed by atoms with van der Waals surface area (Å²) < 4.78 is 0. The highest BCUT2D eigenvalue weighted by molar-refractivity contribution is 5.79. The maximum absolute atomic E-state index is 10.7. The number of aromatic nitrogens is 2. The minimum Gasteiger partial charge on any atom is -0.480 e. The first-order valence-electron chi connectivity index (χ1n) is 5.56. The Morgan fingerprint density at radius 1 is 1.59 bits per heavy atom. The first kappa shape index (κ1) is 11.6. The number of H-pyrrole nitrogens is 1. The molecule has 0 radical (unpaired) electrons. The van der Waals surface area contributed by atoms with E-state index >= 15 is 0 Å². The number of aliphatic carboxylic acids is 1. The molecule has 0 atom stereocenters. The van der Waals surface area contributed by atoms with Gasteiger partial charge in [0.2, 0.25) is 0 Å². The molecule has 0 fully saturated rings. The summed E-state index contributed by atoms with van der Waals surface area (Å²) in [5.74, 6) is -0.801. The van der Waals surface area contributed by atoms with Crippen LogP contribution < -0.4 is 0 Å². The van der Waals surface area contributed by atoms with Crippen LogP contribution in [-0.4, -0.2) is 39.0 Å². The predicted molar refractivity (Wildman–Crippen MR) is 64.7 cm³/mol. The number of hydrogen-bond acceptors (Lipinski definition) is 3. The van der Waals surface area contributed by atoms with Crippen molar-refractivity contribution in [1.82, 2.24) is 14.9 Å². The van der Waals surface area contributed by atoms with Crippen molar-refractivity contribution in [1.29, 1.82) is 0 Å². The lowest BCUT2D eigenvalue weighted by atomic mass is 10.2. The molecule has 0 aliphatic heterocycles. The van der Waals surface area contributed by atoms with Crippen LogP contribution in [-0.2, 0) is 11.3 Å². The zero-order chi connectivity index (χ0) is 12.3. The smallest absolute Gasteiger partial charge is 0.317 e. The van der Waals surface area contributed by atoms with Gasteiger partial charge in [-0.05, 0) is 24.2 Å². The highest BCUT2D eigenvalue weighted by atomic mass is 16.4. The van der Waals surface area contributed by atoms with E-state index in [0.29, 0.717) is 13.1 Å². The van der Waals surface area contributed by atoms with Crippen LogP contribution >= 0.6 is 0 Å². The van der Waals surface area contributed by atoms with Gasteiger partial charge in [-0.3, -0.25) is 9.69 Å². The summed E-state index contributed by atoms with van der Waals surface area (Å²) >= 11 is 0. The van der Waals surface area contributed by atoms with Gasteiger partial charge in [0.15, 0.2) is 0 Å². The van der Waals surface area contributed by atoms with Gasteiger partial charge in [0, 0.05) is 24.3 Å². The van der Waals surface area contributed by atoms with E-state index < -0.39 is 5.97 Å². The number of nitrogens with zero attached hydrogens (tertiary/aromatic N) is 2. The van der Waals surface area contributed by atoms with Gasteiger partial charge in [-0.25, -0.2) is 4.98 Å². The molecule has 0 saturated heterocycles. The molecule has 2 N–H and O–H groups in total. The van der Waals surface area contributed by atoms with Crippen molar-refractivity contribution in [3.63, 3.8) is 0 Å². The molecular weight excluding hydrogens is 218 g/mol. The molecule has 0 unspecified atom stereocenters. The Bertz CT molecular complexity index is 521. The van der Waals surface area contributed by atoms with Gasteiger partial charge in [0.25, 0.3) is 0 Å². The van der Waals surface area contributed by atoms with Crippen molar-refractivity contribution in [2.45, 2.75) is 13.5 Å². The molecule has 2 rings (SSSR count). The molecule has 5 nitrogen and oxygen atoms in total. The van der Waals surface area contributed by atoms with E-state index in [4.69, 9.17) is 5.11 Å². The quantitative estimate of drug-likeness (QED) is 0.820. The second-order valence-corrected chi connectivity index (χ2v) is 3.91. The van der Waals surface area contributed by atoms with E-state index in [1.54, 1.807) is 6.20 Å². The number of fused-ring (bicyclic) bond motifs is 1. The Kier molecular flexibility index (Phi) is 3.39. The number of hydrogen-bond donors (Lipinski definition) is 2. The predicted octanol–water partition coefficient (Wildman–Crippen LogP) is 1.47. The molecule has 0 saturated carbocycles. The number of nitrogens with one attached hydrogen (secondary N) is 1. The monoisotopic (exact) mass is 233 g/mol. The van der Waals surface area contributed by atoms with Crippen LogP contribution in [0.25, 0.3) is 11.0 Å². The first-order chi connectivity index (χ1) is 8.20. The molecular formula is C12H15N3O2. The van der Waals surface area contributed by atoms with Gasteiger partial charge in [-0.1, -0.05) is 6.92 Å². The van der Waals surface area contributed by atoms with E-state index in [1.165, 1.54) is 0 Å². The third-order valence-electron chi connectivity index (χ3n) is 2.74. The molecule has 90 valence electrons. The number of pyridine rings is 1. The van der Waals surface area contributed by atoms with E-state index in [-0.39, 0.29) is 6.54 Å². The Labute approximate surface area is 99.1 Å². The van der Waals surface area contributed by atoms with Crippen LogP contribution in [0, 0.1) is 0 Å². The molecule has 2 heterocycles. The molecule has 0 amide bonds. The Hall–Kier alpha value is -1.88. The van der Waals surface area contributed by atoms with Crippen molar-refractivity contribution >= 4 is 17.0 Å². The molecule has 5 heteroatoms. The fourth-order valence-electron chi connectivity index (χ4n) is 1.86. The van der Waals surface area contributed by atoms with Gasteiger partial charge < -0.3 is 10.1 Å². The van der Waals surface area contributed by atoms with Crippen molar-refractivity contribution in [3.8, 4) is 0 Å². The Balaban J connectivity index is 2.19. The summed E-state index contributed by atoms with van der Waals surface area (Å²) in [5.41, 5.74) is 1.92. The first-order valence-corrected chi connectivity index (χ1v) is 5.56. The number of aromatic amines is 1. The molecule has 0 aromatic carbocycles. The van der Waals surface area contributed by atoms with Crippen LogP contribution in [0.1, 0.15) is 12.5 Å². The zero-order valence-electron chi connectivity index (χ0n) is 9.68. The summed E-state index contributed by atoms with van der Waals surface area (Å²) in [6.07, 6.45) is 3.62. The van der Waals surface area contributed by atoms with Crippen LogP contribution in [0.15, 0.2) is 24.5 Å². The van der Waals surface area contributed by atoms with E-state index in [2.05, 4.69) is 9.97 Å². The van der Waals surface area contributed by atoms with Crippen LogP contribution in [0.2, 0.25) is 0 Å². The van der Waals surface area contributed by atoms with Gasteiger partial charge in [0.05, 0.1) is 6.54 Å². The van der Waals surface area contributed by atoms with Crippen molar-refractivity contribution < 1.29 is 9.90 Å². The van der Waals surface area contributed by atoms with Crippen molar-refractivity contribution in [3.05, 3.63) is 30.1 Å². The molecule has 2 aromatic heterocycles. The average Bonchev–Trinajstić information content (AvgIpc) is 2.71. The number of carboxylic acids is 1. The van der Waals surface area contributed by atoms with Gasteiger partial charge >= 0.3 is 5.97 Å². The van der Waals surface area contributed by atoms with Crippen LogP contribution in [0.5, 0.6) is 0 Å². The fourth-order valence-corrected chi connectivity index (χ4v) is 1.86. The SMILES string of the molecule is CCN(CC(=O)O)Cc1c[nH]c2ncccc12. The summed E-state index contributed by atoms with van der Waals surface area (Å²) in [6, 6.07) is 3.87. The van der Waals surface area contributed by atoms with Crippen LogP contribution in [0.3, 0.4) is 0 Å². The number of likely N-dealkylation sites (N-methyl/N-ethyl adjacent to an activating group) is 1. The van der Waals surface area contributed by atoms with Crippen molar-refractivity contribution in [2.24, 2.45) is 0 Å². The fraction of sp³-hybridized carbons (Fsp3) is 0.333. The lowest BCUT2D eigenvalue weighted by Crippen LogP contribution is -2.28. The Morgan fingerprint density at radius 2 is 2.41 bits per heavy atom. The molecule has 0 aliphatic carbocycles. The minimum absolute atomic E-state index is 0.0590. The number of carbonyl (C=O) groups is 1. The highest BCUT2D eigenvalue weighted by Crippen LogP contribution is 2.17. The third kappa shape index (κ3) is 2.62. The normalized spacial score (nSPS) is 11.2. The summed E-state index contributed by atoms with van der Waals surface area (Å²) in [6.45, 7) is 3.34. The maximum Gasteiger partial charge on any atom is 0.317 e. The number of carboxylic acid groups (broad SMARTS) is 1. The second-order valence-electron chi connectivity index (χ2n) is 3.91. The minimum atomic E-state index is -0.801. The highest BCUT2D eigenvalue weighted by Gasteiger charge is 2.11. The third-order valence-corrected chi connectivity index (χ3v) is 2.74. The molecule has 17 heavy (non-hydrogen) atoms. The molecule has 0 aliphatic rings. The standard InChI is InChI=1S/C12H15N3O2/c1-2-15(8-11(16)17)7-9-6-14-12-10(9)4-3-5-13-12/h3-6H,2,7-8H2,1H3,(H,13,14)(H,16,17). The number of rotatable bonds is 5. The largest absolute Gasteiger partial charge is 0.480 e. The summed E-state index contributed by atoms with van der Waals surface area (Å²) in [5, 5.41) is 9.85. The van der Waals surface area contributed by atoms with Gasteiger partial charge in [-0.15, -0.1) is 0 Å².